The first-order chi connectivity index (χ1) is 10.2. The highest BCUT2D eigenvalue weighted by molar-refractivity contribution is 5.87. The normalized spacial score (nSPS) is 19.8. The van der Waals surface area contributed by atoms with E-state index in [1.807, 2.05) is 6.07 Å². The van der Waals surface area contributed by atoms with Gasteiger partial charge in [0.2, 0.25) is 0 Å². The number of nitrogens with one attached hydrogen (secondary N) is 1. The summed E-state index contributed by atoms with van der Waals surface area (Å²) in [6, 6.07) is 8.85. The van der Waals surface area contributed by atoms with E-state index < -0.39 is 0 Å². The van der Waals surface area contributed by atoms with Crippen molar-refractivity contribution in [3.63, 3.8) is 0 Å². The van der Waals surface area contributed by atoms with Crippen molar-refractivity contribution in [2.24, 2.45) is 11.0 Å². The summed E-state index contributed by atoms with van der Waals surface area (Å²) in [7, 11) is 0. The predicted octanol–water partition coefficient (Wildman–Crippen LogP) is 2.62. The fourth-order valence-electron chi connectivity index (χ4n) is 2.36. The van der Waals surface area contributed by atoms with Gasteiger partial charge in [-0.1, -0.05) is 19.1 Å². The Morgan fingerprint density at radius 1 is 1.52 bits per heavy atom. The van der Waals surface area contributed by atoms with Crippen molar-refractivity contribution in [3.8, 4) is 11.8 Å². The fourth-order valence-corrected chi connectivity index (χ4v) is 2.36. The average Bonchev–Trinajstić information content (AvgIpc) is 2.51. The summed E-state index contributed by atoms with van der Waals surface area (Å²) in [5, 5.41) is 13.1. The molecule has 110 valence electrons. The maximum absolute atomic E-state index is 11.7. The van der Waals surface area contributed by atoms with E-state index in [4.69, 9.17) is 10.00 Å². The molecule has 1 aromatic carbocycles. The van der Waals surface area contributed by atoms with Crippen LogP contribution in [-0.4, -0.2) is 18.2 Å². The molecule has 1 N–H and O–H groups in total. The number of hydrogen-bond donors (Lipinski definition) is 1. The fraction of sp³-hybridized carbons (Fsp3) is 0.438. The summed E-state index contributed by atoms with van der Waals surface area (Å²) in [5.74, 6) is 0.732. The van der Waals surface area contributed by atoms with Gasteiger partial charge in [-0.2, -0.15) is 10.4 Å². The highest BCUT2D eigenvalue weighted by Gasteiger charge is 2.14. The Bertz CT molecular complexity index is 575. The van der Waals surface area contributed by atoms with Crippen molar-refractivity contribution in [1.29, 1.82) is 5.26 Å². The SMILES string of the molecule is C[C@@H]1CCC/C(=N/NC(=O)COc2ccccc2C#N)C1. The second-order valence-corrected chi connectivity index (χ2v) is 5.31. The van der Waals surface area contributed by atoms with Gasteiger partial charge in [0.25, 0.3) is 5.91 Å². The monoisotopic (exact) mass is 285 g/mol. The van der Waals surface area contributed by atoms with E-state index in [2.05, 4.69) is 17.5 Å². The highest BCUT2D eigenvalue weighted by atomic mass is 16.5. The molecule has 1 amide bonds. The number of hydrogen-bond acceptors (Lipinski definition) is 4. The van der Waals surface area contributed by atoms with E-state index in [0.29, 0.717) is 17.2 Å². The third kappa shape index (κ3) is 4.60. The molecule has 0 bridgehead atoms. The number of carbonyl (C=O) groups excluding carboxylic acids is 1. The largest absolute Gasteiger partial charge is 0.482 e. The lowest BCUT2D eigenvalue weighted by Gasteiger charge is -2.18. The Balaban J connectivity index is 1.82. The molecule has 1 atom stereocenters. The van der Waals surface area contributed by atoms with E-state index in [0.717, 1.165) is 25.0 Å². The maximum Gasteiger partial charge on any atom is 0.277 e. The number of para-hydroxylation sites is 1. The maximum atomic E-state index is 11.7. The third-order valence-corrected chi connectivity index (χ3v) is 3.45. The molecule has 0 saturated heterocycles. The predicted molar refractivity (Wildman–Crippen MR) is 79.9 cm³/mol. The molecular formula is C16H19N3O2. The van der Waals surface area contributed by atoms with Gasteiger partial charge in [0.15, 0.2) is 6.61 Å². The first kappa shape index (κ1) is 15.0. The third-order valence-electron chi connectivity index (χ3n) is 3.45. The molecule has 1 saturated carbocycles. The number of nitrogens with zero attached hydrogens (tertiary/aromatic N) is 2. The lowest BCUT2D eigenvalue weighted by molar-refractivity contribution is -0.123. The topological polar surface area (TPSA) is 74.5 Å². The second-order valence-electron chi connectivity index (χ2n) is 5.31. The van der Waals surface area contributed by atoms with Crippen LogP contribution in [0.1, 0.15) is 38.2 Å². The van der Waals surface area contributed by atoms with Gasteiger partial charge < -0.3 is 4.74 Å². The number of benzene rings is 1. The van der Waals surface area contributed by atoms with Gasteiger partial charge in [0.05, 0.1) is 5.56 Å². The minimum Gasteiger partial charge on any atom is -0.482 e. The quantitative estimate of drug-likeness (QED) is 0.864. The average molecular weight is 285 g/mol. The van der Waals surface area contributed by atoms with Crippen LogP contribution in [0.15, 0.2) is 29.4 Å². The molecule has 2 rings (SSSR count). The molecule has 5 nitrogen and oxygen atoms in total. The molecule has 0 aromatic heterocycles. The zero-order chi connectivity index (χ0) is 15.1. The van der Waals surface area contributed by atoms with Crippen molar-refractivity contribution in [2.45, 2.75) is 32.6 Å². The van der Waals surface area contributed by atoms with Gasteiger partial charge in [-0.05, 0) is 43.7 Å². The Morgan fingerprint density at radius 2 is 2.33 bits per heavy atom. The van der Waals surface area contributed by atoms with E-state index in [9.17, 15) is 4.79 Å². The number of nitriles is 1. The molecule has 21 heavy (non-hydrogen) atoms. The van der Waals surface area contributed by atoms with Crippen LogP contribution < -0.4 is 10.2 Å². The number of rotatable bonds is 4. The van der Waals surface area contributed by atoms with Gasteiger partial charge in [-0.25, -0.2) is 5.43 Å². The molecule has 0 unspecified atom stereocenters. The van der Waals surface area contributed by atoms with E-state index in [1.165, 1.54) is 6.42 Å². The number of carbonyl (C=O) groups is 1. The van der Waals surface area contributed by atoms with E-state index in [1.54, 1.807) is 24.3 Å². The minimum atomic E-state index is -0.312. The Labute approximate surface area is 124 Å². The van der Waals surface area contributed by atoms with Crippen LogP contribution in [-0.2, 0) is 4.79 Å². The first-order valence-corrected chi connectivity index (χ1v) is 7.15. The summed E-state index contributed by atoms with van der Waals surface area (Å²) >= 11 is 0. The lowest BCUT2D eigenvalue weighted by Crippen LogP contribution is -2.27. The van der Waals surface area contributed by atoms with Crippen LogP contribution in [0.25, 0.3) is 0 Å². The van der Waals surface area contributed by atoms with E-state index in [-0.39, 0.29) is 12.5 Å². The molecule has 5 heteroatoms. The molecule has 1 fully saturated rings. The summed E-state index contributed by atoms with van der Waals surface area (Å²) in [4.78, 5) is 11.7. The lowest BCUT2D eigenvalue weighted by atomic mass is 9.89. The molecule has 0 spiro atoms. The molecular weight excluding hydrogens is 266 g/mol. The van der Waals surface area contributed by atoms with Crippen molar-refractivity contribution in [1.82, 2.24) is 5.43 Å². The van der Waals surface area contributed by atoms with Gasteiger partial charge in [0, 0.05) is 5.71 Å². The van der Waals surface area contributed by atoms with Crippen LogP contribution >= 0.6 is 0 Å². The van der Waals surface area contributed by atoms with Crippen molar-refractivity contribution in [3.05, 3.63) is 29.8 Å². The zero-order valence-electron chi connectivity index (χ0n) is 12.1. The van der Waals surface area contributed by atoms with Gasteiger partial charge >= 0.3 is 0 Å². The second kappa shape index (κ2) is 7.44. The van der Waals surface area contributed by atoms with Gasteiger partial charge in [-0.15, -0.1) is 0 Å². The number of hydrazone groups is 1. The molecule has 1 aromatic rings. The standard InChI is InChI=1S/C16H19N3O2/c1-12-5-4-7-14(9-12)18-19-16(20)11-21-15-8-3-2-6-13(15)10-17/h2-3,6,8,12H,4-5,7,9,11H2,1H3,(H,19,20)/b18-14-/t12-/m1/s1. The number of amides is 1. The summed E-state index contributed by atoms with van der Waals surface area (Å²) in [5.41, 5.74) is 3.98. The van der Waals surface area contributed by atoms with Crippen LogP contribution in [0.4, 0.5) is 0 Å². The molecule has 0 radical (unpaired) electrons. The summed E-state index contributed by atoms with van der Waals surface area (Å²) in [6.45, 7) is 2.05. The van der Waals surface area contributed by atoms with Gasteiger partial charge in [-0.3, -0.25) is 4.79 Å². The molecule has 1 aliphatic rings. The molecule has 0 aliphatic heterocycles. The smallest absolute Gasteiger partial charge is 0.277 e. The van der Waals surface area contributed by atoms with Crippen LogP contribution in [0.5, 0.6) is 5.75 Å². The van der Waals surface area contributed by atoms with Crippen LogP contribution in [0.2, 0.25) is 0 Å². The van der Waals surface area contributed by atoms with Crippen molar-refractivity contribution < 1.29 is 9.53 Å². The van der Waals surface area contributed by atoms with Crippen LogP contribution in [0.3, 0.4) is 0 Å². The van der Waals surface area contributed by atoms with Crippen molar-refractivity contribution in [2.75, 3.05) is 6.61 Å². The molecule has 1 aliphatic carbocycles. The summed E-state index contributed by atoms with van der Waals surface area (Å²) in [6.07, 6.45) is 4.24. The Hall–Kier alpha value is -2.35. The number of ether oxygens (including phenoxy) is 1. The van der Waals surface area contributed by atoms with Crippen LogP contribution in [0, 0.1) is 17.2 Å². The van der Waals surface area contributed by atoms with Gasteiger partial charge in [0.1, 0.15) is 11.8 Å². The summed E-state index contributed by atoms with van der Waals surface area (Å²) < 4.78 is 5.35. The minimum absolute atomic E-state index is 0.148. The first-order valence-electron chi connectivity index (χ1n) is 7.15. The zero-order valence-corrected chi connectivity index (χ0v) is 12.1. The molecule has 0 heterocycles. The Kier molecular flexibility index (Phi) is 5.33. The van der Waals surface area contributed by atoms with Crippen molar-refractivity contribution >= 4 is 11.6 Å². The Morgan fingerprint density at radius 3 is 3.10 bits per heavy atom. The highest BCUT2D eigenvalue weighted by Crippen LogP contribution is 2.21. The van der Waals surface area contributed by atoms with E-state index >= 15 is 0 Å².